The zero-order chi connectivity index (χ0) is 18.0. The van der Waals surface area contributed by atoms with E-state index >= 15 is 0 Å². The van der Waals surface area contributed by atoms with E-state index in [2.05, 4.69) is 14.6 Å². The molecule has 0 bridgehead atoms. The van der Waals surface area contributed by atoms with Crippen LogP contribution in [-0.4, -0.2) is 39.7 Å². The van der Waals surface area contributed by atoms with Crippen molar-refractivity contribution < 1.29 is 13.2 Å². The quantitative estimate of drug-likeness (QED) is 0.766. The van der Waals surface area contributed by atoms with Gasteiger partial charge in [0.05, 0.1) is 35.0 Å². The van der Waals surface area contributed by atoms with Crippen LogP contribution < -0.4 is 9.62 Å². The number of nitrogens with one attached hydrogen (secondary N) is 1. The molecule has 1 aliphatic heterocycles. The lowest BCUT2D eigenvalue weighted by Crippen LogP contribution is -2.36. The second-order valence-corrected chi connectivity index (χ2v) is 7.70. The maximum atomic E-state index is 13.1. The highest BCUT2D eigenvalue weighted by Gasteiger charge is 2.21. The fourth-order valence-electron chi connectivity index (χ4n) is 3.15. The number of para-hydroxylation sites is 2. The lowest BCUT2D eigenvalue weighted by atomic mass is 10.2. The highest BCUT2D eigenvalue weighted by Crippen LogP contribution is 2.30. The highest BCUT2D eigenvalue weighted by atomic mass is 32.2. The SMILES string of the molecule is O=S(=O)(Nc1ccccc1N1CCOCC1)c1cccc2ncccc12. The van der Waals surface area contributed by atoms with Crippen LogP contribution in [-0.2, 0) is 14.8 Å². The maximum absolute atomic E-state index is 13.1. The van der Waals surface area contributed by atoms with Crippen LogP contribution in [0.25, 0.3) is 10.9 Å². The van der Waals surface area contributed by atoms with E-state index in [9.17, 15) is 8.42 Å². The summed E-state index contributed by atoms with van der Waals surface area (Å²) in [6, 6.07) is 16.1. The topological polar surface area (TPSA) is 71.5 Å². The Morgan fingerprint density at radius 2 is 1.77 bits per heavy atom. The minimum Gasteiger partial charge on any atom is -0.378 e. The number of morpholine rings is 1. The molecule has 0 aliphatic carbocycles. The molecule has 0 amide bonds. The Kier molecular flexibility index (Phi) is 4.48. The number of hydrogen-bond acceptors (Lipinski definition) is 5. The first-order chi connectivity index (χ1) is 12.6. The Hall–Kier alpha value is -2.64. The molecular formula is C19H19N3O3S. The van der Waals surface area contributed by atoms with E-state index in [0.717, 1.165) is 18.8 Å². The summed E-state index contributed by atoms with van der Waals surface area (Å²) < 4.78 is 34.3. The molecule has 0 saturated carbocycles. The molecule has 1 N–H and O–H groups in total. The number of pyridine rings is 1. The van der Waals surface area contributed by atoms with Crippen LogP contribution in [0.2, 0.25) is 0 Å². The van der Waals surface area contributed by atoms with E-state index in [1.165, 1.54) is 0 Å². The monoisotopic (exact) mass is 369 g/mol. The third kappa shape index (κ3) is 3.23. The maximum Gasteiger partial charge on any atom is 0.262 e. The molecule has 6 nitrogen and oxygen atoms in total. The Bertz CT molecular complexity index is 1030. The fourth-order valence-corrected chi connectivity index (χ4v) is 4.44. The van der Waals surface area contributed by atoms with Crippen LogP contribution in [0, 0.1) is 0 Å². The van der Waals surface area contributed by atoms with Gasteiger partial charge in [-0.1, -0.05) is 18.2 Å². The summed E-state index contributed by atoms with van der Waals surface area (Å²) in [5.74, 6) is 0. The lowest BCUT2D eigenvalue weighted by molar-refractivity contribution is 0.123. The Balaban J connectivity index is 1.72. The number of hydrogen-bond donors (Lipinski definition) is 1. The Labute approximate surface area is 152 Å². The van der Waals surface area contributed by atoms with E-state index in [1.807, 2.05) is 18.2 Å². The number of sulfonamides is 1. The molecule has 0 atom stereocenters. The van der Waals surface area contributed by atoms with Crippen molar-refractivity contribution in [1.29, 1.82) is 0 Å². The zero-order valence-corrected chi connectivity index (χ0v) is 14.9. The van der Waals surface area contributed by atoms with Gasteiger partial charge < -0.3 is 9.64 Å². The smallest absolute Gasteiger partial charge is 0.262 e. The van der Waals surface area contributed by atoms with Crippen LogP contribution in [0.4, 0.5) is 11.4 Å². The first-order valence-electron chi connectivity index (χ1n) is 8.43. The third-order valence-electron chi connectivity index (χ3n) is 4.40. The van der Waals surface area contributed by atoms with Crippen LogP contribution in [0.15, 0.2) is 65.7 Å². The second-order valence-electron chi connectivity index (χ2n) is 6.05. The molecule has 4 rings (SSSR count). The van der Waals surface area contributed by atoms with Crippen molar-refractivity contribution in [3.05, 3.63) is 60.8 Å². The molecule has 26 heavy (non-hydrogen) atoms. The molecule has 3 aromatic rings. The third-order valence-corrected chi connectivity index (χ3v) is 5.82. The predicted molar refractivity (Wildman–Crippen MR) is 102 cm³/mol. The van der Waals surface area contributed by atoms with Crippen molar-refractivity contribution in [3.8, 4) is 0 Å². The number of rotatable bonds is 4. The van der Waals surface area contributed by atoms with Gasteiger partial charge in [0.15, 0.2) is 0 Å². The van der Waals surface area contributed by atoms with Gasteiger partial charge in [0, 0.05) is 24.7 Å². The van der Waals surface area contributed by atoms with Gasteiger partial charge in [-0.25, -0.2) is 8.42 Å². The molecule has 0 spiro atoms. The zero-order valence-electron chi connectivity index (χ0n) is 14.1. The van der Waals surface area contributed by atoms with Gasteiger partial charge >= 0.3 is 0 Å². The van der Waals surface area contributed by atoms with E-state index in [4.69, 9.17) is 4.74 Å². The average molecular weight is 369 g/mol. The normalized spacial score (nSPS) is 15.2. The van der Waals surface area contributed by atoms with Crippen molar-refractivity contribution in [2.24, 2.45) is 0 Å². The molecule has 1 aliphatic rings. The van der Waals surface area contributed by atoms with E-state index in [-0.39, 0.29) is 4.90 Å². The first kappa shape index (κ1) is 16.8. The lowest BCUT2D eigenvalue weighted by Gasteiger charge is -2.30. The Morgan fingerprint density at radius 1 is 0.962 bits per heavy atom. The van der Waals surface area contributed by atoms with Crippen molar-refractivity contribution in [3.63, 3.8) is 0 Å². The van der Waals surface area contributed by atoms with Gasteiger partial charge in [-0.2, -0.15) is 0 Å². The largest absolute Gasteiger partial charge is 0.378 e. The van der Waals surface area contributed by atoms with Crippen LogP contribution >= 0.6 is 0 Å². The Morgan fingerprint density at radius 3 is 2.62 bits per heavy atom. The number of anilines is 2. The van der Waals surface area contributed by atoms with Crippen molar-refractivity contribution >= 4 is 32.3 Å². The minimum atomic E-state index is -3.75. The summed E-state index contributed by atoms with van der Waals surface area (Å²) in [5, 5.41) is 0.603. The van der Waals surface area contributed by atoms with Crippen molar-refractivity contribution in [2.75, 3.05) is 35.9 Å². The molecule has 134 valence electrons. The number of fused-ring (bicyclic) bond motifs is 1. The molecule has 2 heterocycles. The second kappa shape index (κ2) is 6.93. The van der Waals surface area contributed by atoms with Gasteiger partial charge in [0.2, 0.25) is 0 Å². The van der Waals surface area contributed by atoms with E-state index in [1.54, 1.807) is 42.6 Å². The van der Waals surface area contributed by atoms with Gasteiger partial charge in [-0.05, 0) is 36.4 Å². The van der Waals surface area contributed by atoms with E-state index < -0.39 is 10.0 Å². The summed E-state index contributed by atoms with van der Waals surface area (Å²) >= 11 is 0. The highest BCUT2D eigenvalue weighted by molar-refractivity contribution is 7.93. The number of ether oxygens (including phenoxy) is 1. The fraction of sp³-hybridized carbons (Fsp3) is 0.211. The molecule has 0 radical (unpaired) electrons. The molecular weight excluding hydrogens is 350 g/mol. The average Bonchev–Trinajstić information content (AvgIpc) is 2.68. The van der Waals surface area contributed by atoms with E-state index in [0.29, 0.717) is 29.8 Å². The number of nitrogens with zero attached hydrogens (tertiary/aromatic N) is 2. The molecule has 1 fully saturated rings. The molecule has 0 unspecified atom stereocenters. The summed E-state index contributed by atoms with van der Waals surface area (Å²) in [5.41, 5.74) is 2.07. The first-order valence-corrected chi connectivity index (χ1v) is 9.92. The van der Waals surface area contributed by atoms with Crippen LogP contribution in [0.5, 0.6) is 0 Å². The minimum absolute atomic E-state index is 0.222. The molecule has 1 aromatic heterocycles. The summed E-state index contributed by atoms with van der Waals surface area (Å²) in [6.45, 7) is 2.74. The van der Waals surface area contributed by atoms with Crippen LogP contribution in [0.3, 0.4) is 0 Å². The van der Waals surface area contributed by atoms with Crippen molar-refractivity contribution in [1.82, 2.24) is 4.98 Å². The number of aromatic nitrogens is 1. The molecule has 7 heteroatoms. The van der Waals surface area contributed by atoms with Gasteiger partial charge in [0.25, 0.3) is 10.0 Å². The summed E-state index contributed by atoms with van der Waals surface area (Å²) in [7, 11) is -3.75. The summed E-state index contributed by atoms with van der Waals surface area (Å²) in [4.78, 5) is 6.59. The van der Waals surface area contributed by atoms with Gasteiger partial charge in [-0.3, -0.25) is 9.71 Å². The molecule has 1 saturated heterocycles. The van der Waals surface area contributed by atoms with Gasteiger partial charge in [-0.15, -0.1) is 0 Å². The standard InChI is InChI=1S/C19H19N3O3S/c23-26(24,19-9-3-7-16-15(19)5-4-10-20-16)21-17-6-1-2-8-18(17)22-11-13-25-14-12-22/h1-10,21H,11-14H2. The summed E-state index contributed by atoms with van der Waals surface area (Å²) in [6.07, 6.45) is 1.65. The molecule has 2 aromatic carbocycles. The van der Waals surface area contributed by atoms with Crippen LogP contribution in [0.1, 0.15) is 0 Å². The number of benzene rings is 2. The van der Waals surface area contributed by atoms with Crippen molar-refractivity contribution in [2.45, 2.75) is 4.90 Å². The predicted octanol–water partition coefficient (Wildman–Crippen LogP) is 2.87. The van der Waals surface area contributed by atoms with Gasteiger partial charge in [0.1, 0.15) is 0 Å².